The first-order valence-corrected chi connectivity index (χ1v) is 8.33. The highest BCUT2D eigenvalue weighted by Crippen LogP contribution is 2.35. The summed E-state index contributed by atoms with van der Waals surface area (Å²) < 4.78 is 0.945. The largest absolute Gasteiger partial charge is 0.397 e. The maximum atomic E-state index is 12.2. The van der Waals surface area contributed by atoms with Crippen LogP contribution in [0.4, 0.5) is 5.69 Å². The first kappa shape index (κ1) is 14.6. The van der Waals surface area contributed by atoms with E-state index < -0.39 is 0 Å². The third-order valence-electron chi connectivity index (χ3n) is 3.55. The molecule has 0 spiro atoms. The molecule has 0 unspecified atom stereocenters. The van der Waals surface area contributed by atoms with Gasteiger partial charge >= 0.3 is 0 Å². The third kappa shape index (κ3) is 3.48. The predicted octanol–water partition coefficient (Wildman–Crippen LogP) is 3.01. The van der Waals surface area contributed by atoms with Gasteiger partial charge in [0.15, 0.2) is 0 Å². The standard InChI is InChI=1S/C15H18ClN3OS/c16-9-2-5-11-12(8-9)21-14(13(11)17)15(20)19-7-1-6-18-10-3-4-10/h2,5,8,10,18H,1,3-4,6-7,17H2,(H,19,20). The third-order valence-corrected chi connectivity index (χ3v) is 4.95. The molecular formula is C15H18ClN3OS. The van der Waals surface area contributed by atoms with Crippen LogP contribution in [-0.4, -0.2) is 25.0 Å². The van der Waals surface area contributed by atoms with Gasteiger partial charge in [0.25, 0.3) is 5.91 Å². The lowest BCUT2D eigenvalue weighted by Crippen LogP contribution is -2.27. The fourth-order valence-corrected chi connectivity index (χ4v) is 3.54. The zero-order valence-corrected chi connectivity index (χ0v) is 13.2. The van der Waals surface area contributed by atoms with Crippen molar-refractivity contribution in [2.24, 2.45) is 0 Å². The van der Waals surface area contributed by atoms with Crippen molar-refractivity contribution >= 4 is 44.6 Å². The SMILES string of the molecule is Nc1c(C(=O)NCCCNC2CC2)sc2cc(Cl)ccc12. The van der Waals surface area contributed by atoms with Crippen molar-refractivity contribution in [3.05, 3.63) is 28.1 Å². The zero-order chi connectivity index (χ0) is 14.8. The summed E-state index contributed by atoms with van der Waals surface area (Å²) in [6, 6.07) is 6.20. The Morgan fingerprint density at radius 3 is 2.95 bits per heavy atom. The Hall–Kier alpha value is -1.30. The van der Waals surface area contributed by atoms with E-state index in [-0.39, 0.29) is 5.91 Å². The van der Waals surface area contributed by atoms with Crippen molar-refractivity contribution in [2.75, 3.05) is 18.8 Å². The summed E-state index contributed by atoms with van der Waals surface area (Å²) in [4.78, 5) is 12.8. The number of carbonyl (C=O) groups is 1. The van der Waals surface area contributed by atoms with Gasteiger partial charge in [-0.15, -0.1) is 11.3 Å². The second-order valence-electron chi connectivity index (χ2n) is 5.32. The molecule has 0 aliphatic heterocycles. The van der Waals surface area contributed by atoms with Gasteiger partial charge in [0.1, 0.15) is 4.88 Å². The van der Waals surface area contributed by atoms with Crippen LogP contribution in [0.25, 0.3) is 10.1 Å². The number of rotatable bonds is 6. The Labute approximate surface area is 132 Å². The molecule has 1 saturated carbocycles. The van der Waals surface area contributed by atoms with E-state index in [1.165, 1.54) is 24.2 Å². The highest BCUT2D eigenvalue weighted by Gasteiger charge is 2.19. The van der Waals surface area contributed by atoms with Gasteiger partial charge in [-0.2, -0.15) is 0 Å². The zero-order valence-electron chi connectivity index (χ0n) is 11.6. The molecule has 0 bridgehead atoms. The lowest BCUT2D eigenvalue weighted by Gasteiger charge is -2.05. The van der Waals surface area contributed by atoms with E-state index in [1.807, 2.05) is 12.1 Å². The van der Waals surface area contributed by atoms with Gasteiger partial charge in [0.05, 0.1) is 5.69 Å². The highest BCUT2D eigenvalue weighted by molar-refractivity contribution is 7.21. The first-order valence-electron chi connectivity index (χ1n) is 7.14. The van der Waals surface area contributed by atoms with E-state index in [9.17, 15) is 4.79 Å². The van der Waals surface area contributed by atoms with Crippen molar-refractivity contribution < 1.29 is 4.79 Å². The van der Waals surface area contributed by atoms with Crippen LogP contribution in [-0.2, 0) is 0 Å². The van der Waals surface area contributed by atoms with Crippen molar-refractivity contribution in [2.45, 2.75) is 25.3 Å². The summed E-state index contributed by atoms with van der Waals surface area (Å²) in [7, 11) is 0. The summed E-state index contributed by atoms with van der Waals surface area (Å²) in [5.74, 6) is -0.101. The van der Waals surface area contributed by atoms with E-state index in [0.717, 1.165) is 23.1 Å². The molecule has 2 aromatic rings. The van der Waals surface area contributed by atoms with Crippen LogP contribution in [0.2, 0.25) is 5.02 Å². The van der Waals surface area contributed by atoms with Crippen molar-refractivity contribution in [3.8, 4) is 0 Å². The summed E-state index contributed by atoms with van der Waals surface area (Å²) in [6.45, 7) is 1.61. The molecule has 1 aliphatic rings. The molecule has 0 saturated heterocycles. The Kier molecular flexibility index (Phi) is 4.33. The van der Waals surface area contributed by atoms with Crippen LogP contribution in [0.1, 0.15) is 28.9 Å². The van der Waals surface area contributed by atoms with Crippen molar-refractivity contribution in [3.63, 3.8) is 0 Å². The number of nitrogen functional groups attached to an aromatic ring is 1. The van der Waals surface area contributed by atoms with Crippen LogP contribution < -0.4 is 16.4 Å². The number of nitrogens with two attached hydrogens (primary N) is 1. The first-order chi connectivity index (χ1) is 10.1. The summed E-state index contributed by atoms with van der Waals surface area (Å²) in [5, 5.41) is 7.90. The van der Waals surface area contributed by atoms with Gasteiger partial charge in [0.2, 0.25) is 0 Å². The Bertz CT molecular complexity index is 666. The molecule has 3 rings (SSSR count). The summed E-state index contributed by atoms with van der Waals surface area (Å²) in [5.41, 5.74) is 6.60. The van der Waals surface area contributed by atoms with Crippen molar-refractivity contribution in [1.29, 1.82) is 0 Å². The molecule has 1 aliphatic carbocycles. The molecule has 0 atom stereocenters. The number of hydrogen-bond acceptors (Lipinski definition) is 4. The van der Waals surface area contributed by atoms with Gasteiger partial charge in [-0.05, 0) is 44.0 Å². The van der Waals surface area contributed by atoms with Crippen LogP contribution in [0.15, 0.2) is 18.2 Å². The Morgan fingerprint density at radius 1 is 1.38 bits per heavy atom. The van der Waals surface area contributed by atoms with Crippen LogP contribution in [0.5, 0.6) is 0 Å². The average molecular weight is 324 g/mol. The molecule has 4 N–H and O–H groups in total. The van der Waals surface area contributed by atoms with Crippen molar-refractivity contribution in [1.82, 2.24) is 10.6 Å². The van der Waals surface area contributed by atoms with E-state index in [2.05, 4.69) is 10.6 Å². The van der Waals surface area contributed by atoms with E-state index in [1.54, 1.807) is 6.07 Å². The second-order valence-corrected chi connectivity index (χ2v) is 6.81. The smallest absolute Gasteiger partial charge is 0.263 e. The summed E-state index contributed by atoms with van der Waals surface area (Å²) >= 11 is 7.35. The highest BCUT2D eigenvalue weighted by atomic mass is 35.5. The number of carbonyl (C=O) groups excluding carboxylic acids is 1. The van der Waals surface area contributed by atoms with Crippen LogP contribution in [0.3, 0.4) is 0 Å². The summed E-state index contributed by atoms with van der Waals surface area (Å²) in [6.07, 6.45) is 3.50. The molecule has 21 heavy (non-hydrogen) atoms. The molecule has 112 valence electrons. The maximum Gasteiger partial charge on any atom is 0.263 e. The second kappa shape index (κ2) is 6.22. The van der Waals surface area contributed by atoms with Gasteiger partial charge in [-0.1, -0.05) is 11.6 Å². The van der Waals surface area contributed by atoms with Gasteiger partial charge in [-0.3, -0.25) is 4.79 Å². The number of thiophene rings is 1. The molecule has 0 radical (unpaired) electrons. The lowest BCUT2D eigenvalue weighted by molar-refractivity contribution is 0.0958. The van der Waals surface area contributed by atoms with Gasteiger partial charge in [0, 0.05) is 27.7 Å². The molecule has 1 fully saturated rings. The van der Waals surface area contributed by atoms with E-state index >= 15 is 0 Å². The van der Waals surface area contributed by atoms with E-state index in [0.29, 0.717) is 28.2 Å². The Balaban J connectivity index is 1.59. The number of benzene rings is 1. The normalized spacial score (nSPS) is 14.5. The fraction of sp³-hybridized carbons (Fsp3) is 0.400. The average Bonchev–Trinajstić information content (AvgIpc) is 3.22. The van der Waals surface area contributed by atoms with Gasteiger partial charge < -0.3 is 16.4 Å². The van der Waals surface area contributed by atoms with Crippen LogP contribution >= 0.6 is 22.9 Å². The van der Waals surface area contributed by atoms with Crippen LogP contribution in [0, 0.1) is 0 Å². The lowest BCUT2D eigenvalue weighted by atomic mass is 10.2. The minimum atomic E-state index is -0.101. The molecule has 1 amide bonds. The molecular weight excluding hydrogens is 306 g/mol. The minimum Gasteiger partial charge on any atom is -0.397 e. The monoisotopic (exact) mass is 323 g/mol. The molecule has 1 heterocycles. The van der Waals surface area contributed by atoms with E-state index in [4.69, 9.17) is 17.3 Å². The number of amides is 1. The number of anilines is 1. The molecule has 4 nitrogen and oxygen atoms in total. The van der Waals surface area contributed by atoms with Gasteiger partial charge in [-0.25, -0.2) is 0 Å². The maximum absolute atomic E-state index is 12.2. The topological polar surface area (TPSA) is 67.2 Å². The molecule has 6 heteroatoms. The predicted molar refractivity (Wildman–Crippen MR) is 89.2 cm³/mol. The molecule has 1 aromatic heterocycles. The number of hydrogen-bond donors (Lipinski definition) is 3. The fourth-order valence-electron chi connectivity index (χ4n) is 2.22. The Morgan fingerprint density at radius 2 is 2.19 bits per heavy atom. The minimum absolute atomic E-state index is 0.101. The quantitative estimate of drug-likeness (QED) is 0.716. The number of fused-ring (bicyclic) bond motifs is 1. The number of halogens is 1. The number of nitrogens with one attached hydrogen (secondary N) is 2. The molecule has 1 aromatic carbocycles.